The van der Waals surface area contributed by atoms with E-state index < -0.39 is 18.0 Å². The fourth-order valence-electron chi connectivity index (χ4n) is 5.09. The third kappa shape index (κ3) is 3.27. The normalized spacial score (nSPS) is 30.0. The highest BCUT2D eigenvalue weighted by atomic mass is 19.1. The van der Waals surface area contributed by atoms with Crippen LogP contribution in [0, 0.1) is 17.7 Å². The van der Waals surface area contributed by atoms with Crippen molar-refractivity contribution >= 4 is 17.5 Å². The first-order chi connectivity index (χ1) is 14.1. The van der Waals surface area contributed by atoms with Crippen LogP contribution >= 0.6 is 0 Å². The molecule has 4 fully saturated rings. The number of hydrogen-bond acceptors (Lipinski definition) is 6. The van der Waals surface area contributed by atoms with Crippen molar-refractivity contribution in [3.63, 3.8) is 0 Å². The fourth-order valence-corrected chi connectivity index (χ4v) is 5.09. The summed E-state index contributed by atoms with van der Waals surface area (Å²) < 4.78 is 31.7. The number of nitrogens with zero attached hydrogens (tertiary/aromatic N) is 5. The Bertz CT molecular complexity index is 854. The van der Waals surface area contributed by atoms with Gasteiger partial charge in [-0.25, -0.2) is 9.18 Å². The predicted molar refractivity (Wildman–Crippen MR) is 101 cm³/mol. The molecule has 2 unspecified atom stereocenters. The van der Waals surface area contributed by atoms with E-state index in [2.05, 4.69) is 14.9 Å². The highest BCUT2D eigenvalue weighted by molar-refractivity contribution is 5.90. The maximum atomic E-state index is 14.9. The van der Waals surface area contributed by atoms with Gasteiger partial charge in [0.15, 0.2) is 5.79 Å². The molecule has 3 aliphatic heterocycles. The molecule has 9 nitrogen and oxygen atoms in total. The Morgan fingerprint density at radius 2 is 1.93 bits per heavy atom. The third-order valence-corrected chi connectivity index (χ3v) is 6.34. The monoisotopic (exact) mass is 403 g/mol. The molecule has 1 saturated carbocycles. The van der Waals surface area contributed by atoms with Crippen molar-refractivity contribution in [3.8, 4) is 0 Å². The second-order valence-electron chi connectivity index (χ2n) is 8.11. The maximum absolute atomic E-state index is 14.9. The molecule has 154 valence electrons. The number of carbonyl (C=O) groups excluding carboxylic acids is 1. The lowest BCUT2D eigenvalue weighted by Crippen LogP contribution is -2.31. The number of rotatable bonds is 4. The molecule has 1 aromatic carbocycles. The number of fused-ring (bicyclic) bond motifs is 1. The van der Waals surface area contributed by atoms with Crippen molar-refractivity contribution in [2.45, 2.75) is 24.7 Å². The molecule has 1 spiro atoms. The number of cyclic esters (lactones) is 1. The minimum absolute atomic E-state index is 0.0603. The molecule has 0 aromatic heterocycles. The van der Waals surface area contributed by atoms with E-state index in [0.29, 0.717) is 36.4 Å². The fraction of sp³-hybridized carbons (Fsp3) is 0.632. The topological polar surface area (TPSA) is 100 Å². The summed E-state index contributed by atoms with van der Waals surface area (Å²) in [7, 11) is 0. The average molecular weight is 403 g/mol. The largest absolute Gasteiger partial charge is 0.444 e. The Hall–Kier alpha value is -2.55. The second-order valence-corrected chi connectivity index (χ2v) is 8.11. The number of halogens is 1. The first-order valence-corrected chi connectivity index (χ1v) is 9.88. The van der Waals surface area contributed by atoms with Gasteiger partial charge in [0.25, 0.3) is 0 Å². The van der Waals surface area contributed by atoms with Gasteiger partial charge < -0.3 is 19.1 Å². The molecule has 29 heavy (non-hydrogen) atoms. The lowest BCUT2D eigenvalue weighted by atomic mass is 10.0. The van der Waals surface area contributed by atoms with E-state index in [4.69, 9.17) is 19.7 Å². The van der Waals surface area contributed by atoms with Crippen LogP contribution in [-0.4, -0.2) is 57.4 Å². The molecule has 1 aliphatic carbocycles. The van der Waals surface area contributed by atoms with E-state index in [1.807, 2.05) is 0 Å². The van der Waals surface area contributed by atoms with Crippen molar-refractivity contribution in [1.82, 2.24) is 0 Å². The van der Waals surface area contributed by atoms with Gasteiger partial charge in [-0.15, -0.1) is 0 Å². The van der Waals surface area contributed by atoms with E-state index in [-0.39, 0.29) is 18.9 Å². The maximum Gasteiger partial charge on any atom is 0.414 e. The summed E-state index contributed by atoms with van der Waals surface area (Å²) in [5.74, 6) is 0.0905. The summed E-state index contributed by atoms with van der Waals surface area (Å²) in [6.07, 6.45) is 0.638. The molecule has 0 N–H and O–H groups in total. The molecule has 1 amide bonds. The van der Waals surface area contributed by atoms with Crippen LogP contribution in [-0.2, 0) is 14.2 Å². The van der Waals surface area contributed by atoms with Crippen LogP contribution in [0.3, 0.4) is 0 Å². The molecule has 5 rings (SSSR count). The lowest BCUT2D eigenvalue weighted by Gasteiger charge is -2.26. The number of ether oxygens (including phenoxy) is 3. The Balaban J connectivity index is 1.27. The van der Waals surface area contributed by atoms with Gasteiger partial charge in [0.1, 0.15) is 11.9 Å². The van der Waals surface area contributed by atoms with E-state index >= 15 is 0 Å². The van der Waals surface area contributed by atoms with Gasteiger partial charge >= 0.3 is 6.09 Å². The van der Waals surface area contributed by atoms with E-state index in [0.717, 1.165) is 25.9 Å². The molecule has 3 saturated heterocycles. The molecule has 3 atom stereocenters. The molecule has 0 bridgehead atoms. The summed E-state index contributed by atoms with van der Waals surface area (Å²) in [5.41, 5.74) is 9.38. The van der Waals surface area contributed by atoms with Crippen molar-refractivity contribution in [3.05, 3.63) is 34.5 Å². The molecular weight excluding hydrogens is 381 g/mol. The molecule has 10 heteroatoms. The molecular formula is C19H22FN5O4. The van der Waals surface area contributed by atoms with Gasteiger partial charge in [0.05, 0.1) is 37.7 Å². The lowest BCUT2D eigenvalue weighted by molar-refractivity contribution is -0.154. The first kappa shape index (κ1) is 18.5. The number of hydrogen-bond donors (Lipinski definition) is 0. The number of azide groups is 1. The molecule has 1 aromatic rings. The summed E-state index contributed by atoms with van der Waals surface area (Å²) in [6.45, 7) is 3.14. The minimum Gasteiger partial charge on any atom is -0.444 e. The Labute approximate surface area is 166 Å². The predicted octanol–water partition coefficient (Wildman–Crippen LogP) is 3.05. The summed E-state index contributed by atoms with van der Waals surface area (Å²) in [4.78, 5) is 18.2. The standard InChI is InChI=1S/C19H22FN5O4/c20-16-5-14(25-11-15(8-22-23-21)29-18(25)26)1-2-17(16)24-9-12-6-19(7-13(12)10-24)27-3-4-28-19/h1-2,5,12-13,15H,3-4,6-11H2/t12?,13?,15-/m0/s1. The van der Waals surface area contributed by atoms with Crippen LogP contribution in [0.2, 0.25) is 0 Å². The highest BCUT2D eigenvalue weighted by Crippen LogP contribution is 2.49. The van der Waals surface area contributed by atoms with Gasteiger partial charge in [-0.3, -0.25) is 4.90 Å². The van der Waals surface area contributed by atoms with Crippen molar-refractivity contribution in [2.75, 3.05) is 49.2 Å². The minimum atomic E-state index is -0.562. The van der Waals surface area contributed by atoms with Crippen LogP contribution in [0.4, 0.5) is 20.6 Å². The van der Waals surface area contributed by atoms with Crippen LogP contribution in [0.1, 0.15) is 12.8 Å². The number of benzene rings is 1. The van der Waals surface area contributed by atoms with Crippen molar-refractivity contribution in [1.29, 1.82) is 0 Å². The number of amides is 1. The van der Waals surface area contributed by atoms with Crippen molar-refractivity contribution in [2.24, 2.45) is 17.0 Å². The smallest absolute Gasteiger partial charge is 0.414 e. The molecule has 4 aliphatic rings. The van der Waals surface area contributed by atoms with Gasteiger partial charge in [0, 0.05) is 30.8 Å². The zero-order valence-electron chi connectivity index (χ0n) is 15.9. The van der Waals surface area contributed by atoms with Crippen LogP contribution < -0.4 is 9.80 Å². The molecule has 0 radical (unpaired) electrons. The van der Waals surface area contributed by atoms with Gasteiger partial charge in [-0.2, -0.15) is 0 Å². The van der Waals surface area contributed by atoms with Crippen LogP contribution in [0.5, 0.6) is 0 Å². The van der Waals surface area contributed by atoms with Crippen LogP contribution in [0.25, 0.3) is 10.4 Å². The second kappa shape index (κ2) is 7.05. The molecule has 3 heterocycles. The average Bonchev–Trinajstić information content (AvgIpc) is 3.45. The van der Waals surface area contributed by atoms with Gasteiger partial charge in [0.2, 0.25) is 0 Å². The van der Waals surface area contributed by atoms with E-state index in [1.165, 1.54) is 11.0 Å². The van der Waals surface area contributed by atoms with Gasteiger partial charge in [-0.05, 0) is 35.6 Å². The zero-order valence-corrected chi connectivity index (χ0v) is 15.9. The number of anilines is 2. The Morgan fingerprint density at radius 1 is 1.21 bits per heavy atom. The Kier molecular flexibility index (Phi) is 4.49. The van der Waals surface area contributed by atoms with E-state index in [9.17, 15) is 9.18 Å². The third-order valence-electron chi connectivity index (χ3n) is 6.34. The summed E-state index contributed by atoms with van der Waals surface area (Å²) in [6, 6.07) is 4.82. The van der Waals surface area contributed by atoms with Crippen molar-refractivity contribution < 1.29 is 23.4 Å². The Morgan fingerprint density at radius 3 is 2.59 bits per heavy atom. The summed E-state index contributed by atoms with van der Waals surface area (Å²) in [5, 5.41) is 3.43. The highest BCUT2D eigenvalue weighted by Gasteiger charge is 2.52. The van der Waals surface area contributed by atoms with Crippen LogP contribution in [0.15, 0.2) is 23.3 Å². The summed E-state index contributed by atoms with van der Waals surface area (Å²) >= 11 is 0. The SMILES string of the molecule is [N-]=[N+]=NC[C@H]1CN(c2ccc(N3CC4CC5(CC4C3)OCCO5)c(F)c2)C(=O)O1. The number of carbonyl (C=O) groups is 1. The first-order valence-electron chi connectivity index (χ1n) is 9.88. The van der Waals surface area contributed by atoms with Gasteiger partial charge in [-0.1, -0.05) is 5.11 Å². The quantitative estimate of drug-likeness (QED) is 0.437. The zero-order chi connectivity index (χ0) is 20.0. The van der Waals surface area contributed by atoms with E-state index in [1.54, 1.807) is 12.1 Å².